The highest BCUT2D eigenvalue weighted by molar-refractivity contribution is 7.13. The summed E-state index contributed by atoms with van der Waals surface area (Å²) in [5.74, 6) is 0.441. The molecule has 0 spiro atoms. The average molecular weight is 366 g/mol. The van der Waals surface area contributed by atoms with Crippen molar-refractivity contribution in [2.24, 2.45) is 0 Å². The van der Waals surface area contributed by atoms with Crippen LogP contribution in [0.15, 0.2) is 60.1 Å². The van der Waals surface area contributed by atoms with Crippen molar-refractivity contribution in [3.05, 3.63) is 65.7 Å². The fourth-order valence-electron chi connectivity index (χ4n) is 2.43. The summed E-state index contributed by atoms with van der Waals surface area (Å²) in [5.41, 5.74) is 2.28. The predicted molar refractivity (Wildman–Crippen MR) is 103 cm³/mol. The molecule has 0 radical (unpaired) electrons. The van der Waals surface area contributed by atoms with Gasteiger partial charge in [-0.25, -0.2) is 4.98 Å². The summed E-state index contributed by atoms with van der Waals surface area (Å²) >= 11 is 1.56. The SMILES string of the molecule is COc1ccc(C(=O)CCC(=O)Nc2ccc(-c3nccs3)cc2)cc1. The van der Waals surface area contributed by atoms with Crippen LogP contribution in [0.4, 0.5) is 5.69 Å². The number of nitrogens with zero attached hydrogens (tertiary/aromatic N) is 1. The van der Waals surface area contributed by atoms with E-state index in [1.165, 1.54) is 0 Å². The molecule has 1 aromatic heterocycles. The van der Waals surface area contributed by atoms with E-state index in [0.717, 1.165) is 10.6 Å². The first-order chi connectivity index (χ1) is 12.7. The summed E-state index contributed by atoms with van der Waals surface area (Å²) in [6.07, 6.45) is 2.06. The van der Waals surface area contributed by atoms with E-state index in [4.69, 9.17) is 4.74 Å². The van der Waals surface area contributed by atoms with Gasteiger partial charge in [0, 0.05) is 41.2 Å². The van der Waals surface area contributed by atoms with Crippen LogP contribution < -0.4 is 10.1 Å². The number of amides is 1. The lowest BCUT2D eigenvalue weighted by atomic mass is 10.1. The highest BCUT2D eigenvalue weighted by atomic mass is 32.1. The molecule has 26 heavy (non-hydrogen) atoms. The molecule has 6 heteroatoms. The molecule has 2 aromatic carbocycles. The van der Waals surface area contributed by atoms with Crippen LogP contribution in [0.1, 0.15) is 23.2 Å². The normalized spacial score (nSPS) is 10.3. The molecular formula is C20H18N2O3S. The number of anilines is 1. The van der Waals surface area contributed by atoms with Crippen molar-refractivity contribution >= 4 is 28.7 Å². The van der Waals surface area contributed by atoms with Gasteiger partial charge in [0.15, 0.2) is 5.78 Å². The highest BCUT2D eigenvalue weighted by Gasteiger charge is 2.10. The molecule has 0 saturated heterocycles. The van der Waals surface area contributed by atoms with E-state index in [1.807, 2.05) is 29.6 Å². The lowest BCUT2D eigenvalue weighted by molar-refractivity contribution is -0.116. The van der Waals surface area contributed by atoms with E-state index in [-0.39, 0.29) is 24.5 Å². The van der Waals surface area contributed by atoms with Gasteiger partial charge in [0.1, 0.15) is 10.8 Å². The zero-order valence-electron chi connectivity index (χ0n) is 14.3. The molecule has 0 bridgehead atoms. The number of carbonyl (C=O) groups is 2. The smallest absolute Gasteiger partial charge is 0.224 e. The van der Waals surface area contributed by atoms with Crippen molar-refractivity contribution in [2.45, 2.75) is 12.8 Å². The zero-order chi connectivity index (χ0) is 18.4. The minimum Gasteiger partial charge on any atom is -0.497 e. The minimum atomic E-state index is -0.186. The third kappa shape index (κ3) is 4.55. The number of ether oxygens (including phenoxy) is 1. The van der Waals surface area contributed by atoms with Crippen molar-refractivity contribution in [1.82, 2.24) is 4.98 Å². The molecule has 0 atom stereocenters. The van der Waals surface area contributed by atoms with E-state index in [1.54, 1.807) is 48.9 Å². The second-order valence-electron chi connectivity index (χ2n) is 5.61. The Morgan fingerprint density at radius 2 is 1.77 bits per heavy atom. The molecule has 132 valence electrons. The van der Waals surface area contributed by atoms with Crippen LogP contribution in [0.5, 0.6) is 5.75 Å². The number of rotatable bonds is 7. The Morgan fingerprint density at radius 3 is 2.38 bits per heavy atom. The molecule has 0 fully saturated rings. The summed E-state index contributed by atoms with van der Waals surface area (Å²) in [7, 11) is 1.57. The summed E-state index contributed by atoms with van der Waals surface area (Å²) < 4.78 is 5.07. The Balaban J connectivity index is 1.51. The average Bonchev–Trinajstić information content (AvgIpc) is 3.21. The van der Waals surface area contributed by atoms with Crippen LogP contribution in [-0.4, -0.2) is 23.8 Å². The lowest BCUT2D eigenvalue weighted by Crippen LogP contribution is -2.13. The molecule has 0 unspecified atom stereocenters. The van der Waals surface area contributed by atoms with E-state index in [0.29, 0.717) is 17.0 Å². The first-order valence-electron chi connectivity index (χ1n) is 8.13. The fourth-order valence-corrected chi connectivity index (χ4v) is 3.08. The van der Waals surface area contributed by atoms with Crippen molar-refractivity contribution in [3.8, 4) is 16.3 Å². The molecule has 3 aromatic rings. The first-order valence-corrected chi connectivity index (χ1v) is 9.01. The van der Waals surface area contributed by atoms with Crippen LogP contribution in [-0.2, 0) is 4.79 Å². The number of aromatic nitrogens is 1. The quantitative estimate of drug-likeness (QED) is 0.629. The Kier molecular flexibility index (Phi) is 5.76. The summed E-state index contributed by atoms with van der Waals surface area (Å²) in [4.78, 5) is 28.5. The number of Topliss-reactive ketones (excluding diaryl/α,β-unsaturated/α-hetero) is 1. The fraction of sp³-hybridized carbons (Fsp3) is 0.150. The van der Waals surface area contributed by atoms with Gasteiger partial charge in [-0.05, 0) is 48.5 Å². The molecule has 1 N–H and O–H groups in total. The van der Waals surface area contributed by atoms with Gasteiger partial charge in [-0.3, -0.25) is 9.59 Å². The van der Waals surface area contributed by atoms with Crippen molar-refractivity contribution in [2.75, 3.05) is 12.4 Å². The molecule has 0 aliphatic heterocycles. The van der Waals surface area contributed by atoms with Gasteiger partial charge in [-0.15, -0.1) is 11.3 Å². The van der Waals surface area contributed by atoms with Crippen LogP contribution in [0.25, 0.3) is 10.6 Å². The predicted octanol–water partition coefficient (Wildman–Crippen LogP) is 4.42. The lowest BCUT2D eigenvalue weighted by Gasteiger charge is -2.06. The Labute approximate surface area is 155 Å². The molecule has 3 rings (SSSR count). The van der Waals surface area contributed by atoms with E-state index in [2.05, 4.69) is 10.3 Å². The van der Waals surface area contributed by atoms with Gasteiger partial charge < -0.3 is 10.1 Å². The molecule has 0 aliphatic rings. The maximum atomic E-state index is 12.2. The highest BCUT2D eigenvalue weighted by Crippen LogP contribution is 2.23. The van der Waals surface area contributed by atoms with E-state index >= 15 is 0 Å². The Morgan fingerprint density at radius 1 is 1.04 bits per heavy atom. The second kappa shape index (κ2) is 8.40. The molecule has 1 heterocycles. The Bertz CT molecular complexity index is 872. The second-order valence-corrected chi connectivity index (χ2v) is 6.51. The van der Waals surface area contributed by atoms with Crippen molar-refractivity contribution in [1.29, 1.82) is 0 Å². The zero-order valence-corrected chi connectivity index (χ0v) is 15.1. The molecule has 0 saturated carbocycles. The number of ketones is 1. The number of thiazole rings is 1. The van der Waals surface area contributed by atoms with E-state index in [9.17, 15) is 9.59 Å². The van der Waals surface area contributed by atoms with Crippen molar-refractivity contribution < 1.29 is 14.3 Å². The number of carbonyl (C=O) groups excluding carboxylic acids is 2. The largest absolute Gasteiger partial charge is 0.497 e. The standard InChI is InChI=1S/C20H18N2O3S/c1-25-17-8-4-14(5-9-17)18(23)10-11-19(24)22-16-6-2-15(3-7-16)20-21-12-13-26-20/h2-9,12-13H,10-11H2,1H3,(H,22,24). The van der Waals surface area contributed by atoms with Gasteiger partial charge in [0.2, 0.25) is 5.91 Å². The molecular weight excluding hydrogens is 348 g/mol. The molecule has 0 aliphatic carbocycles. The van der Waals surface area contributed by atoms with Gasteiger partial charge in [-0.2, -0.15) is 0 Å². The number of benzene rings is 2. The van der Waals surface area contributed by atoms with Crippen molar-refractivity contribution in [3.63, 3.8) is 0 Å². The van der Waals surface area contributed by atoms with Gasteiger partial charge in [0.05, 0.1) is 7.11 Å². The number of hydrogen-bond acceptors (Lipinski definition) is 5. The van der Waals surface area contributed by atoms with Crippen LogP contribution in [0.2, 0.25) is 0 Å². The number of hydrogen-bond donors (Lipinski definition) is 1. The number of nitrogens with one attached hydrogen (secondary N) is 1. The Hall–Kier alpha value is -2.99. The maximum Gasteiger partial charge on any atom is 0.224 e. The third-order valence-electron chi connectivity index (χ3n) is 3.84. The van der Waals surface area contributed by atoms with Gasteiger partial charge in [-0.1, -0.05) is 0 Å². The van der Waals surface area contributed by atoms with Gasteiger partial charge in [0.25, 0.3) is 0 Å². The first kappa shape index (κ1) is 17.8. The topological polar surface area (TPSA) is 68.3 Å². The number of methoxy groups -OCH3 is 1. The maximum absolute atomic E-state index is 12.2. The summed E-state index contributed by atoms with van der Waals surface area (Å²) in [6, 6.07) is 14.4. The van der Waals surface area contributed by atoms with E-state index < -0.39 is 0 Å². The van der Waals surface area contributed by atoms with Gasteiger partial charge >= 0.3 is 0 Å². The van der Waals surface area contributed by atoms with Crippen LogP contribution in [0.3, 0.4) is 0 Å². The minimum absolute atomic E-state index is 0.0677. The van der Waals surface area contributed by atoms with Crippen LogP contribution in [0, 0.1) is 0 Å². The summed E-state index contributed by atoms with van der Waals surface area (Å²) in [6.45, 7) is 0. The third-order valence-corrected chi connectivity index (χ3v) is 4.66. The molecule has 1 amide bonds. The van der Waals surface area contributed by atoms with Crippen LogP contribution >= 0.6 is 11.3 Å². The monoisotopic (exact) mass is 366 g/mol. The summed E-state index contributed by atoms with van der Waals surface area (Å²) in [5, 5.41) is 5.67. The molecule has 5 nitrogen and oxygen atoms in total.